The predicted octanol–water partition coefficient (Wildman–Crippen LogP) is 1.53. The fraction of sp³-hybridized carbons (Fsp3) is 0.500. The van der Waals surface area contributed by atoms with Crippen molar-refractivity contribution < 1.29 is 44.4 Å². The number of fused-ring (bicyclic) bond motifs is 3. The van der Waals surface area contributed by atoms with Crippen molar-refractivity contribution in [3.8, 4) is 16.9 Å². The largest absolute Gasteiger partial charge is 0.507 e. The molecule has 2 saturated carbocycles. The number of rotatable bonds is 5. The molecule has 2 amide bonds. The van der Waals surface area contributed by atoms with Gasteiger partial charge in [0, 0.05) is 11.0 Å². The molecule has 2 aromatic rings. The summed E-state index contributed by atoms with van der Waals surface area (Å²) in [5, 5.41) is 46.4. The highest BCUT2D eigenvalue weighted by atomic mass is 16.6. The first kappa shape index (κ1) is 30.8. The molecule has 3 aliphatic carbocycles. The van der Waals surface area contributed by atoms with Gasteiger partial charge in [-0.15, -0.1) is 0 Å². The topological polar surface area (TPSA) is 196 Å². The zero-order valence-corrected chi connectivity index (χ0v) is 24.7. The Morgan fingerprint density at radius 3 is 2.40 bits per heavy atom. The molecule has 8 atom stereocenters. The van der Waals surface area contributed by atoms with E-state index < -0.39 is 69.8 Å². The Labute approximate surface area is 249 Å². The third-order valence-corrected chi connectivity index (χ3v) is 10.3. The molecule has 2 unspecified atom stereocenters. The Kier molecular flexibility index (Phi) is 7.33. The van der Waals surface area contributed by atoms with Crippen LogP contribution in [-0.4, -0.2) is 68.7 Å². The molecule has 11 nitrogen and oxygen atoms in total. The predicted molar refractivity (Wildman–Crippen MR) is 153 cm³/mol. The van der Waals surface area contributed by atoms with Crippen molar-refractivity contribution in [1.29, 1.82) is 0 Å². The third-order valence-electron chi connectivity index (χ3n) is 10.3. The van der Waals surface area contributed by atoms with Crippen molar-refractivity contribution in [3.05, 3.63) is 53.1 Å². The zero-order chi connectivity index (χ0) is 31.8. The van der Waals surface area contributed by atoms with Gasteiger partial charge in [0.2, 0.25) is 5.91 Å². The molecule has 2 fully saturated rings. The van der Waals surface area contributed by atoms with Crippen molar-refractivity contribution in [3.63, 3.8) is 0 Å². The number of phenols is 1. The highest BCUT2D eigenvalue weighted by molar-refractivity contribution is 6.09. The minimum atomic E-state index is -2.57. The van der Waals surface area contributed by atoms with E-state index in [1.807, 2.05) is 0 Å². The van der Waals surface area contributed by atoms with Crippen molar-refractivity contribution >= 4 is 23.4 Å². The van der Waals surface area contributed by atoms with Gasteiger partial charge in [-0.05, 0) is 65.0 Å². The number of ketones is 2. The summed E-state index contributed by atoms with van der Waals surface area (Å²) in [6, 6.07) is 9.67. The Morgan fingerprint density at radius 2 is 1.79 bits per heavy atom. The number of nitrogens with two attached hydrogens (primary N) is 1. The van der Waals surface area contributed by atoms with E-state index in [0.29, 0.717) is 22.3 Å². The SMILES string of the molecule is CONC(=O)c1cccc(-c2ccc(O)c3c2C[C@]2(C)C[C@]4(C)[C@@H](C(C)C)C(O)[C@@H](C(N)=O)C(=O)[C@]4(O)C(O)[C@H]2C3=O)c1. The van der Waals surface area contributed by atoms with Crippen LogP contribution in [0.2, 0.25) is 0 Å². The van der Waals surface area contributed by atoms with Crippen LogP contribution in [-0.2, 0) is 20.8 Å². The average molecular weight is 595 g/mol. The molecule has 3 aliphatic rings. The summed E-state index contributed by atoms with van der Waals surface area (Å²) in [5.74, 6) is -7.96. The molecule has 0 aliphatic heterocycles. The van der Waals surface area contributed by atoms with Gasteiger partial charge in [0.15, 0.2) is 17.2 Å². The van der Waals surface area contributed by atoms with Gasteiger partial charge in [-0.2, -0.15) is 0 Å². The van der Waals surface area contributed by atoms with Gasteiger partial charge in [-0.25, -0.2) is 5.48 Å². The van der Waals surface area contributed by atoms with Crippen molar-refractivity contribution in [2.24, 2.45) is 40.2 Å². The Bertz CT molecular complexity index is 1540. The van der Waals surface area contributed by atoms with Crippen LogP contribution in [0.5, 0.6) is 5.75 Å². The Hall–Kier alpha value is -3.64. The van der Waals surface area contributed by atoms with Crippen LogP contribution in [0.3, 0.4) is 0 Å². The fourth-order valence-electron chi connectivity index (χ4n) is 8.78. The lowest BCUT2D eigenvalue weighted by Gasteiger charge is -2.66. The molecule has 0 saturated heterocycles. The van der Waals surface area contributed by atoms with Crippen LogP contribution in [0.4, 0.5) is 0 Å². The number of carbonyl (C=O) groups excluding carboxylic acids is 4. The second kappa shape index (κ2) is 10.2. The molecule has 5 rings (SSSR count). The summed E-state index contributed by atoms with van der Waals surface area (Å²) < 4.78 is 0. The Morgan fingerprint density at radius 1 is 1.12 bits per heavy atom. The van der Waals surface area contributed by atoms with Crippen LogP contribution >= 0.6 is 0 Å². The van der Waals surface area contributed by atoms with Crippen molar-refractivity contribution in [1.82, 2.24) is 5.48 Å². The first-order chi connectivity index (χ1) is 20.0. The van der Waals surface area contributed by atoms with E-state index in [1.54, 1.807) is 58.0 Å². The number of aliphatic hydroxyl groups is 3. The smallest absolute Gasteiger partial charge is 0.274 e. The lowest BCUT2D eigenvalue weighted by atomic mass is 9.39. The highest BCUT2D eigenvalue weighted by Crippen LogP contribution is 2.66. The monoisotopic (exact) mass is 594 g/mol. The molecule has 11 heteroatoms. The van der Waals surface area contributed by atoms with E-state index in [-0.39, 0.29) is 30.1 Å². The number of aromatic hydroxyl groups is 1. The third kappa shape index (κ3) is 4.16. The van der Waals surface area contributed by atoms with Crippen LogP contribution in [0, 0.1) is 34.5 Å². The molecule has 230 valence electrons. The summed E-state index contributed by atoms with van der Waals surface area (Å²) in [4.78, 5) is 57.7. The summed E-state index contributed by atoms with van der Waals surface area (Å²) in [7, 11) is 1.32. The zero-order valence-electron chi connectivity index (χ0n) is 24.7. The number of benzene rings is 2. The van der Waals surface area contributed by atoms with E-state index in [9.17, 15) is 39.6 Å². The van der Waals surface area contributed by atoms with Gasteiger partial charge in [-0.1, -0.05) is 45.9 Å². The number of amides is 2. The van der Waals surface area contributed by atoms with Gasteiger partial charge >= 0.3 is 0 Å². The number of hydroxylamine groups is 1. The molecule has 0 radical (unpaired) electrons. The quantitative estimate of drug-likeness (QED) is 0.220. The molecule has 0 spiro atoms. The van der Waals surface area contributed by atoms with Crippen molar-refractivity contribution in [2.45, 2.75) is 58.3 Å². The molecular weight excluding hydrogens is 556 g/mol. The van der Waals surface area contributed by atoms with Gasteiger partial charge in [0.1, 0.15) is 17.8 Å². The van der Waals surface area contributed by atoms with E-state index in [1.165, 1.54) is 13.2 Å². The number of nitrogens with one attached hydrogen (secondary N) is 1. The minimum Gasteiger partial charge on any atom is -0.507 e. The van der Waals surface area contributed by atoms with E-state index in [2.05, 4.69) is 5.48 Å². The molecule has 0 aromatic heterocycles. The normalized spacial score (nSPS) is 35.1. The van der Waals surface area contributed by atoms with E-state index in [0.717, 1.165) is 0 Å². The van der Waals surface area contributed by atoms with Gasteiger partial charge in [0.25, 0.3) is 5.91 Å². The second-order valence-corrected chi connectivity index (χ2v) is 13.2. The molecule has 0 heterocycles. The van der Waals surface area contributed by atoms with Crippen molar-refractivity contribution in [2.75, 3.05) is 7.11 Å². The number of primary amides is 1. The lowest BCUT2D eigenvalue weighted by molar-refractivity contribution is -0.265. The maximum absolute atomic E-state index is 14.3. The average Bonchev–Trinajstić information content (AvgIpc) is 2.90. The van der Waals surface area contributed by atoms with Crippen LogP contribution in [0.15, 0.2) is 36.4 Å². The lowest BCUT2D eigenvalue weighted by Crippen LogP contribution is -2.79. The maximum atomic E-state index is 14.3. The van der Waals surface area contributed by atoms with Crippen LogP contribution in [0.1, 0.15) is 60.4 Å². The number of hydrogen-bond acceptors (Lipinski definition) is 9. The van der Waals surface area contributed by atoms with Gasteiger partial charge < -0.3 is 26.2 Å². The molecule has 7 N–H and O–H groups in total. The van der Waals surface area contributed by atoms with E-state index >= 15 is 0 Å². The van der Waals surface area contributed by atoms with Gasteiger partial charge in [0.05, 0.1) is 24.7 Å². The molecule has 0 bridgehead atoms. The number of aliphatic hydroxyl groups excluding tert-OH is 2. The first-order valence-electron chi connectivity index (χ1n) is 14.3. The molecule has 43 heavy (non-hydrogen) atoms. The summed E-state index contributed by atoms with van der Waals surface area (Å²) in [5.41, 5.74) is 4.64. The Balaban J connectivity index is 1.70. The number of phenolic OH excluding ortho intramolecular Hbond substituents is 1. The summed E-state index contributed by atoms with van der Waals surface area (Å²) in [6.45, 7) is 6.98. The summed E-state index contributed by atoms with van der Waals surface area (Å²) in [6.07, 6.45) is -3.26. The van der Waals surface area contributed by atoms with Crippen LogP contribution in [0.25, 0.3) is 11.1 Å². The summed E-state index contributed by atoms with van der Waals surface area (Å²) >= 11 is 0. The van der Waals surface area contributed by atoms with E-state index in [4.69, 9.17) is 10.6 Å². The molecular formula is C32H38N2O9. The van der Waals surface area contributed by atoms with Crippen LogP contribution < -0.4 is 11.2 Å². The first-order valence-corrected chi connectivity index (χ1v) is 14.3. The number of Topliss-reactive ketones (excluding diaryl/α,β-unsaturated/α-hetero) is 2. The number of hydrogen-bond donors (Lipinski definition) is 6. The minimum absolute atomic E-state index is 0.0336. The number of carbonyl (C=O) groups is 4. The standard InChI is InChI=1S/C32H38N2O9/c1-14(2)22-25(37)21(28(33)40)26(38)32(42)27(39)23-24(36)20-18(12-30(23,3)13-31(22,32)4)17(9-10-19(20)35)15-7-6-8-16(11-15)29(41)34-43-5/h6-11,14,21-23,25,27,35,37,39,42H,12-13H2,1-5H3,(H2,33,40)(H,34,41)/t21-,22+,23-,25?,27?,30-,31-,32+/m1/s1. The highest BCUT2D eigenvalue weighted by Gasteiger charge is 2.75. The second-order valence-electron chi connectivity index (χ2n) is 13.2. The fourth-order valence-corrected chi connectivity index (χ4v) is 8.78. The van der Waals surface area contributed by atoms with Gasteiger partial charge in [-0.3, -0.25) is 24.0 Å². The maximum Gasteiger partial charge on any atom is 0.274 e. The molecule has 2 aromatic carbocycles.